The second kappa shape index (κ2) is 4.89. The average molecular weight is 259 g/mol. The third-order valence-electron chi connectivity index (χ3n) is 2.22. The molecule has 0 N–H and O–H groups in total. The number of Topliss-reactive ketones (excluding diaryl/α,β-unsaturated/α-hetero) is 1. The number of thiazole rings is 1. The number of aromatic nitrogens is 1. The van der Waals surface area contributed by atoms with Crippen LogP contribution >= 0.6 is 34.9 Å². The number of aryl methyl sites for hydroxylation is 1. The largest absolute Gasteiger partial charge is 0.294 e. The van der Waals surface area contributed by atoms with Crippen LogP contribution in [0.25, 0.3) is 0 Å². The minimum Gasteiger partial charge on any atom is -0.294 e. The maximum absolute atomic E-state index is 11.3. The zero-order valence-corrected chi connectivity index (χ0v) is 11.2. The topological polar surface area (TPSA) is 30.0 Å². The summed E-state index contributed by atoms with van der Waals surface area (Å²) in [7, 11) is 0. The van der Waals surface area contributed by atoms with Gasteiger partial charge in [-0.3, -0.25) is 4.79 Å². The number of hydrogen-bond acceptors (Lipinski definition) is 5. The van der Waals surface area contributed by atoms with Gasteiger partial charge in [0, 0.05) is 24.2 Å². The Morgan fingerprint density at radius 3 is 2.80 bits per heavy atom. The van der Waals surface area contributed by atoms with Gasteiger partial charge in [-0.15, -0.1) is 23.1 Å². The fourth-order valence-electron chi connectivity index (χ4n) is 1.51. The Balaban J connectivity index is 2.21. The van der Waals surface area contributed by atoms with Gasteiger partial charge in [0.15, 0.2) is 5.78 Å². The van der Waals surface area contributed by atoms with Crippen LogP contribution in [-0.2, 0) is 0 Å². The van der Waals surface area contributed by atoms with Crippen molar-refractivity contribution in [3.63, 3.8) is 0 Å². The van der Waals surface area contributed by atoms with Gasteiger partial charge >= 0.3 is 0 Å². The molecule has 1 aromatic rings. The Bertz CT molecular complexity index is 369. The van der Waals surface area contributed by atoms with Crippen molar-refractivity contribution in [1.29, 1.82) is 0 Å². The van der Waals surface area contributed by atoms with Crippen LogP contribution in [0.15, 0.2) is 0 Å². The summed E-state index contributed by atoms with van der Waals surface area (Å²) in [6.07, 6.45) is 0. The zero-order valence-electron chi connectivity index (χ0n) is 8.78. The molecule has 1 saturated heterocycles. The SMILES string of the molecule is CC(=O)c1sc(C2CSCCS2)nc1C. The van der Waals surface area contributed by atoms with E-state index in [1.807, 2.05) is 30.4 Å². The van der Waals surface area contributed by atoms with Gasteiger partial charge in [0.25, 0.3) is 0 Å². The molecule has 0 aliphatic carbocycles. The molecule has 2 heterocycles. The number of nitrogens with zero attached hydrogens (tertiary/aromatic N) is 1. The summed E-state index contributed by atoms with van der Waals surface area (Å²) in [4.78, 5) is 16.7. The second-order valence-electron chi connectivity index (χ2n) is 3.46. The van der Waals surface area contributed by atoms with Gasteiger partial charge in [0.2, 0.25) is 0 Å². The van der Waals surface area contributed by atoms with Gasteiger partial charge in [-0.25, -0.2) is 4.98 Å². The van der Waals surface area contributed by atoms with Crippen molar-refractivity contribution in [2.45, 2.75) is 19.1 Å². The number of carbonyl (C=O) groups is 1. The molecule has 1 aliphatic rings. The molecule has 82 valence electrons. The number of thioether (sulfide) groups is 2. The molecule has 0 radical (unpaired) electrons. The van der Waals surface area contributed by atoms with Crippen molar-refractivity contribution in [2.75, 3.05) is 17.3 Å². The number of ketones is 1. The molecule has 0 aromatic carbocycles. The van der Waals surface area contributed by atoms with E-state index < -0.39 is 0 Å². The van der Waals surface area contributed by atoms with E-state index in [4.69, 9.17) is 0 Å². The molecule has 5 heteroatoms. The van der Waals surface area contributed by atoms with Gasteiger partial charge < -0.3 is 0 Å². The summed E-state index contributed by atoms with van der Waals surface area (Å²) in [5.41, 5.74) is 0.902. The lowest BCUT2D eigenvalue weighted by molar-refractivity contribution is 0.102. The molecule has 1 aliphatic heterocycles. The van der Waals surface area contributed by atoms with Crippen LogP contribution in [-0.4, -0.2) is 28.0 Å². The third-order valence-corrected chi connectivity index (χ3v) is 6.51. The smallest absolute Gasteiger partial charge is 0.171 e. The fraction of sp³-hybridized carbons (Fsp3) is 0.600. The molecule has 1 atom stereocenters. The van der Waals surface area contributed by atoms with Crippen molar-refractivity contribution >= 4 is 40.6 Å². The summed E-state index contributed by atoms with van der Waals surface area (Å²) in [6, 6.07) is 0. The molecule has 1 unspecified atom stereocenters. The summed E-state index contributed by atoms with van der Waals surface area (Å²) >= 11 is 5.53. The normalized spacial score (nSPS) is 21.6. The predicted octanol–water partition coefficient (Wildman–Crippen LogP) is 3.18. The van der Waals surface area contributed by atoms with Crippen LogP contribution in [0.3, 0.4) is 0 Å². The van der Waals surface area contributed by atoms with Gasteiger partial charge in [0.1, 0.15) is 5.01 Å². The fourth-order valence-corrected chi connectivity index (χ4v) is 5.46. The maximum atomic E-state index is 11.3. The Morgan fingerprint density at radius 2 is 2.27 bits per heavy atom. The Hall–Kier alpha value is -0.0000000000000000555. The van der Waals surface area contributed by atoms with Crippen molar-refractivity contribution in [2.24, 2.45) is 0 Å². The first-order valence-corrected chi connectivity index (χ1v) is 7.88. The predicted molar refractivity (Wildman–Crippen MR) is 69.4 cm³/mol. The summed E-state index contributed by atoms with van der Waals surface area (Å²) < 4.78 is 0. The Kier molecular flexibility index (Phi) is 3.74. The van der Waals surface area contributed by atoms with Crippen molar-refractivity contribution in [1.82, 2.24) is 4.98 Å². The highest BCUT2D eigenvalue weighted by Crippen LogP contribution is 2.39. The number of hydrogen-bond donors (Lipinski definition) is 0. The van der Waals surface area contributed by atoms with E-state index in [0.29, 0.717) is 5.25 Å². The minimum atomic E-state index is 0.143. The number of rotatable bonds is 2. The van der Waals surface area contributed by atoms with E-state index >= 15 is 0 Å². The van der Waals surface area contributed by atoms with Gasteiger partial charge in [-0.05, 0) is 6.92 Å². The van der Waals surface area contributed by atoms with Crippen LogP contribution in [0, 0.1) is 6.92 Å². The van der Waals surface area contributed by atoms with Crippen LogP contribution in [0.1, 0.15) is 32.5 Å². The molecule has 2 nitrogen and oxygen atoms in total. The van der Waals surface area contributed by atoms with Crippen molar-refractivity contribution < 1.29 is 4.79 Å². The molecule has 2 rings (SSSR count). The average Bonchev–Trinajstić information content (AvgIpc) is 2.62. The van der Waals surface area contributed by atoms with Crippen LogP contribution in [0.5, 0.6) is 0 Å². The van der Waals surface area contributed by atoms with Gasteiger partial charge in [-0.1, -0.05) is 0 Å². The lowest BCUT2D eigenvalue weighted by atomic mass is 10.3. The molecule has 1 fully saturated rings. The molecular weight excluding hydrogens is 246 g/mol. The van der Waals surface area contributed by atoms with E-state index in [1.54, 1.807) is 18.3 Å². The van der Waals surface area contributed by atoms with E-state index in [1.165, 1.54) is 11.5 Å². The summed E-state index contributed by atoms with van der Waals surface area (Å²) in [6.45, 7) is 3.55. The molecule has 15 heavy (non-hydrogen) atoms. The van der Waals surface area contributed by atoms with E-state index in [0.717, 1.165) is 21.3 Å². The van der Waals surface area contributed by atoms with Crippen molar-refractivity contribution in [3.8, 4) is 0 Å². The van der Waals surface area contributed by atoms with E-state index in [9.17, 15) is 4.79 Å². The van der Waals surface area contributed by atoms with Gasteiger partial charge in [0.05, 0.1) is 15.8 Å². The maximum Gasteiger partial charge on any atom is 0.171 e. The van der Waals surface area contributed by atoms with Crippen molar-refractivity contribution in [3.05, 3.63) is 15.6 Å². The molecule has 0 bridgehead atoms. The van der Waals surface area contributed by atoms with Gasteiger partial charge in [-0.2, -0.15) is 11.8 Å². The zero-order chi connectivity index (χ0) is 10.8. The Morgan fingerprint density at radius 1 is 1.47 bits per heavy atom. The highest BCUT2D eigenvalue weighted by atomic mass is 32.2. The molecule has 0 saturated carbocycles. The molecule has 0 spiro atoms. The van der Waals surface area contributed by atoms with Crippen LogP contribution in [0.4, 0.5) is 0 Å². The van der Waals surface area contributed by atoms with E-state index in [2.05, 4.69) is 4.98 Å². The van der Waals surface area contributed by atoms with Crippen LogP contribution < -0.4 is 0 Å². The number of carbonyl (C=O) groups excluding carboxylic acids is 1. The lowest BCUT2D eigenvalue weighted by Gasteiger charge is -2.18. The minimum absolute atomic E-state index is 0.143. The monoisotopic (exact) mass is 259 g/mol. The summed E-state index contributed by atoms with van der Waals surface area (Å²) in [5, 5.41) is 1.63. The summed E-state index contributed by atoms with van der Waals surface area (Å²) in [5.74, 6) is 3.72. The standard InChI is InChI=1S/C10H13NOS3/c1-6-9(7(2)12)15-10(11-6)8-5-13-3-4-14-8/h8H,3-5H2,1-2H3. The first kappa shape index (κ1) is 11.5. The highest BCUT2D eigenvalue weighted by molar-refractivity contribution is 8.06. The highest BCUT2D eigenvalue weighted by Gasteiger charge is 2.22. The molecule has 0 amide bonds. The van der Waals surface area contributed by atoms with Crippen LogP contribution in [0.2, 0.25) is 0 Å². The van der Waals surface area contributed by atoms with E-state index in [-0.39, 0.29) is 5.78 Å². The Labute approximate surface area is 102 Å². The lowest BCUT2D eigenvalue weighted by Crippen LogP contribution is -2.05. The quantitative estimate of drug-likeness (QED) is 0.763. The molecule has 1 aromatic heterocycles. The first-order valence-electron chi connectivity index (χ1n) is 4.86. The molecular formula is C10H13NOS3. The first-order chi connectivity index (χ1) is 7.18. The third kappa shape index (κ3) is 2.57. The second-order valence-corrected chi connectivity index (χ2v) is 6.95.